The van der Waals surface area contributed by atoms with Crippen molar-refractivity contribution in [3.63, 3.8) is 0 Å². The minimum Gasteiger partial charge on any atom is -0.588 e. The summed E-state index contributed by atoms with van der Waals surface area (Å²) in [5.74, 6) is 0.824. The predicted molar refractivity (Wildman–Crippen MR) is 95.6 cm³/mol. The van der Waals surface area contributed by atoms with Crippen LogP contribution in [0.3, 0.4) is 0 Å². The molecular formula is C15H20Cl2N4OS. The summed E-state index contributed by atoms with van der Waals surface area (Å²) in [7, 11) is 0. The number of hydrogen-bond donors (Lipinski definition) is 0. The average Bonchev–Trinajstić information content (AvgIpc) is 3.04. The highest BCUT2D eigenvalue weighted by atomic mass is 35.5. The second-order valence-electron chi connectivity index (χ2n) is 5.53. The Bertz CT molecular complexity index is 593. The molecule has 0 spiro atoms. The summed E-state index contributed by atoms with van der Waals surface area (Å²) in [6, 6.07) is 5.07. The molecule has 0 amide bonds. The van der Waals surface area contributed by atoms with Gasteiger partial charge in [-0.05, 0) is 24.7 Å². The van der Waals surface area contributed by atoms with Gasteiger partial charge in [0.25, 0.3) is 0 Å². The van der Waals surface area contributed by atoms with Crippen molar-refractivity contribution in [3.05, 3.63) is 28.2 Å². The number of halogens is 2. The van der Waals surface area contributed by atoms with E-state index in [2.05, 4.69) is 21.7 Å². The Hall–Kier alpha value is -0.660. The minimum absolute atomic E-state index is 0.429. The van der Waals surface area contributed by atoms with Crippen molar-refractivity contribution in [2.75, 3.05) is 45.8 Å². The number of aliphatic imine (C=N–C) groups is 1. The fraction of sp³-hybridized carbons (Fsp3) is 0.533. The topological polar surface area (TPSA) is 45.1 Å². The number of hydrogen-bond acceptors (Lipinski definition) is 5. The molecule has 0 bridgehead atoms. The Balaban J connectivity index is 1.73. The van der Waals surface area contributed by atoms with Crippen LogP contribution >= 0.6 is 23.2 Å². The van der Waals surface area contributed by atoms with Crippen molar-refractivity contribution in [1.29, 1.82) is 0 Å². The summed E-state index contributed by atoms with van der Waals surface area (Å²) >= 11 is 10.8. The Morgan fingerprint density at radius 1 is 1.17 bits per heavy atom. The van der Waals surface area contributed by atoms with Crippen LogP contribution in [0.15, 0.2) is 28.1 Å². The normalized spacial score (nSPS) is 20.8. The first-order chi connectivity index (χ1) is 11.1. The van der Waals surface area contributed by atoms with Gasteiger partial charge < -0.3 is 14.4 Å². The van der Waals surface area contributed by atoms with Gasteiger partial charge in [-0.3, -0.25) is 0 Å². The zero-order valence-corrected chi connectivity index (χ0v) is 15.4. The van der Waals surface area contributed by atoms with E-state index in [0.717, 1.165) is 38.7 Å². The number of rotatable bonds is 3. The van der Waals surface area contributed by atoms with Gasteiger partial charge in [0.2, 0.25) is 5.96 Å². The van der Waals surface area contributed by atoms with E-state index in [0.29, 0.717) is 28.0 Å². The summed E-state index contributed by atoms with van der Waals surface area (Å²) in [4.78, 5) is 9.78. The van der Waals surface area contributed by atoms with Crippen LogP contribution in [0.2, 0.25) is 10.0 Å². The lowest BCUT2D eigenvalue weighted by Gasteiger charge is -2.37. The Morgan fingerprint density at radius 2 is 1.91 bits per heavy atom. The Kier molecular flexibility index (Phi) is 5.59. The van der Waals surface area contributed by atoms with Gasteiger partial charge in [0.15, 0.2) is 4.90 Å². The number of likely N-dealkylation sites (N-methyl/N-ethyl adjacent to an activating group) is 1. The van der Waals surface area contributed by atoms with Crippen LogP contribution in [0.1, 0.15) is 6.92 Å². The highest BCUT2D eigenvalue weighted by molar-refractivity contribution is 7.89. The summed E-state index contributed by atoms with van der Waals surface area (Å²) in [6.07, 6.45) is 0. The molecule has 0 saturated carbocycles. The maximum atomic E-state index is 12.9. The standard InChI is InChI=1S/C15H20Cl2N4OS/c1-2-19-7-9-20(10-8-19)15-18-5-6-21(15)23(22)14-4-3-12(16)11-13(14)17/h3-4,11H,2,5-10H2,1H3. The van der Waals surface area contributed by atoms with E-state index in [4.69, 9.17) is 23.2 Å². The monoisotopic (exact) mass is 374 g/mol. The first-order valence-corrected chi connectivity index (χ1v) is 9.62. The van der Waals surface area contributed by atoms with Crippen LogP contribution in [0, 0.1) is 0 Å². The summed E-state index contributed by atoms with van der Waals surface area (Å²) in [5.41, 5.74) is 0. The Morgan fingerprint density at radius 3 is 2.57 bits per heavy atom. The van der Waals surface area contributed by atoms with Crippen LogP contribution in [0.5, 0.6) is 0 Å². The molecular weight excluding hydrogens is 355 g/mol. The van der Waals surface area contributed by atoms with E-state index < -0.39 is 11.4 Å². The third-order valence-corrected chi connectivity index (χ3v) is 6.30. The lowest BCUT2D eigenvalue weighted by Crippen LogP contribution is -2.53. The van der Waals surface area contributed by atoms with Crippen molar-refractivity contribution in [1.82, 2.24) is 14.1 Å². The molecule has 1 unspecified atom stereocenters. The molecule has 1 aromatic carbocycles. The van der Waals surface area contributed by atoms with Crippen molar-refractivity contribution in [2.24, 2.45) is 4.99 Å². The van der Waals surface area contributed by atoms with E-state index in [1.165, 1.54) is 0 Å². The largest absolute Gasteiger partial charge is 0.588 e. The second kappa shape index (κ2) is 7.49. The molecule has 0 radical (unpaired) electrons. The zero-order chi connectivity index (χ0) is 16.4. The van der Waals surface area contributed by atoms with Gasteiger partial charge in [-0.2, -0.15) is 4.31 Å². The molecule has 2 aliphatic rings. The molecule has 0 N–H and O–H groups in total. The van der Waals surface area contributed by atoms with E-state index in [1.807, 2.05) is 4.31 Å². The van der Waals surface area contributed by atoms with Crippen LogP contribution < -0.4 is 0 Å². The molecule has 8 heteroatoms. The van der Waals surface area contributed by atoms with E-state index in [1.54, 1.807) is 18.2 Å². The molecule has 1 atom stereocenters. The molecule has 0 aliphatic carbocycles. The predicted octanol–water partition coefficient (Wildman–Crippen LogP) is 2.33. The minimum atomic E-state index is -1.36. The summed E-state index contributed by atoms with van der Waals surface area (Å²) in [6.45, 7) is 8.40. The fourth-order valence-electron chi connectivity index (χ4n) is 2.83. The van der Waals surface area contributed by atoms with Crippen molar-refractivity contribution in [2.45, 2.75) is 11.8 Å². The van der Waals surface area contributed by atoms with Crippen LogP contribution in [-0.4, -0.2) is 70.4 Å². The lowest BCUT2D eigenvalue weighted by atomic mass is 10.3. The molecule has 1 aromatic rings. The van der Waals surface area contributed by atoms with Gasteiger partial charge in [0.1, 0.15) is 11.4 Å². The number of piperazine rings is 1. The van der Waals surface area contributed by atoms with E-state index in [-0.39, 0.29) is 0 Å². The molecule has 5 nitrogen and oxygen atoms in total. The number of nitrogens with zero attached hydrogens (tertiary/aromatic N) is 4. The average molecular weight is 375 g/mol. The first kappa shape index (κ1) is 17.2. The van der Waals surface area contributed by atoms with Gasteiger partial charge in [-0.15, -0.1) is 0 Å². The molecule has 3 rings (SSSR count). The molecule has 2 aliphatic heterocycles. The first-order valence-electron chi connectivity index (χ1n) is 7.76. The molecule has 126 valence electrons. The SMILES string of the molecule is CCN1CCN(C2=NCCN2[S+]([O-])c2ccc(Cl)cc2Cl)CC1. The van der Waals surface area contributed by atoms with Gasteiger partial charge in [0.05, 0.1) is 18.1 Å². The third-order valence-electron chi connectivity index (χ3n) is 4.16. The molecule has 1 fully saturated rings. The summed E-state index contributed by atoms with van der Waals surface area (Å²) < 4.78 is 14.8. The maximum absolute atomic E-state index is 12.9. The highest BCUT2D eigenvalue weighted by Crippen LogP contribution is 2.29. The molecule has 2 heterocycles. The van der Waals surface area contributed by atoms with Crippen LogP contribution in [-0.2, 0) is 11.4 Å². The summed E-state index contributed by atoms with van der Waals surface area (Å²) in [5, 5.41) is 0.972. The van der Waals surface area contributed by atoms with Crippen molar-refractivity contribution in [3.8, 4) is 0 Å². The van der Waals surface area contributed by atoms with Gasteiger partial charge >= 0.3 is 0 Å². The zero-order valence-electron chi connectivity index (χ0n) is 13.0. The molecule has 1 saturated heterocycles. The van der Waals surface area contributed by atoms with Gasteiger partial charge in [-0.1, -0.05) is 30.1 Å². The smallest absolute Gasteiger partial charge is 0.240 e. The lowest BCUT2D eigenvalue weighted by molar-refractivity contribution is 0.184. The van der Waals surface area contributed by atoms with Gasteiger partial charge in [-0.25, -0.2) is 4.99 Å². The highest BCUT2D eigenvalue weighted by Gasteiger charge is 2.35. The fourth-order valence-corrected chi connectivity index (χ4v) is 4.66. The molecule has 0 aromatic heterocycles. The third kappa shape index (κ3) is 3.72. The Labute approximate surface area is 150 Å². The maximum Gasteiger partial charge on any atom is 0.240 e. The van der Waals surface area contributed by atoms with E-state index in [9.17, 15) is 4.55 Å². The molecule has 23 heavy (non-hydrogen) atoms. The van der Waals surface area contributed by atoms with Crippen LogP contribution in [0.25, 0.3) is 0 Å². The van der Waals surface area contributed by atoms with Gasteiger partial charge in [0, 0.05) is 31.2 Å². The van der Waals surface area contributed by atoms with E-state index >= 15 is 0 Å². The van der Waals surface area contributed by atoms with Crippen molar-refractivity contribution < 1.29 is 4.55 Å². The number of guanidine groups is 1. The quantitative estimate of drug-likeness (QED) is 0.761. The van der Waals surface area contributed by atoms with Crippen LogP contribution in [0.4, 0.5) is 0 Å². The second-order valence-corrected chi connectivity index (χ2v) is 7.75. The number of benzene rings is 1. The van der Waals surface area contributed by atoms with Crippen molar-refractivity contribution >= 4 is 40.5 Å².